The van der Waals surface area contributed by atoms with Gasteiger partial charge >= 0.3 is 0 Å². The van der Waals surface area contributed by atoms with Crippen LogP contribution in [0.3, 0.4) is 0 Å². The van der Waals surface area contributed by atoms with E-state index in [2.05, 4.69) is 16.0 Å². The van der Waals surface area contributed by atoms with Gasteiger partial charge in [0, 0.05) is 41.9 Å². The second-order valence-corrected chi connectivity index (χ2v) is 6.14. The normalized spacial score (nSPS) is 13.6. The molecule has 1 aromatic carbocycles. The number of benzene rings is 1. The number of furan rings is 1. The lowest BCUT2D eigenvalue weighted by molar-refractivity contribution is 0.0763. The van der Waals surface area contributed by atoms with E-state index in [0.29, 0.717) is 37.1 Å². The molecule has 26 heavy (non-hydrogen) atoms. The minimum atomic E-state index is -0.0623. The molecule has 0 fully saturated rings. The summed E-state index contributed by atoms with van der Waals surface area (Å²) < 4.78 is 5.18. The van der Waals surface area contributed by atoms with Crippen molar-refractivity contribution in [1.82, 2.24) is 14.9 Å². The minimum Gasteiger partial charge on any atom is -0.472 e. The highest BCUT2D eigenvalue weighted by atomic mass is 16.3. The number of carbonyl (C=O) groups excluding carboxylic acids is 1. The van der Waals surface area contributed by atoms with Crippen molar-refractivity contribution in [2.24, 2.45) is 0 Å². The van der Waals surface area contributed by atoms with Gasteiger partial charge in [0.05, 0.1) is 29.9 Å². The van der Waals surface area contributed by atoms with E-state index < -0.39 is 0 Å². The van der Waals surface area contributed by atoms with E-state index in [1.165, 1.54) is 0 Å². The molecule has 3 heterocycles. The smallest absolute Gasteiger partial charge is 0.253 e. The second kappa shape index (κ2) is 6.81. The van der Waals surface area contributed by atoms with Crippen LogP contribution in [-0.4, -0.2) is 33.9 Å². The molecule has 6 nitrogen and oxygen atoms in total. The van der Waals surface area contributed by atoms with Gasteiger partial charge in [-0.25, -0.2) is 9.97 Å². The molecule has 6 heteroatoms. The minimum absolute atomic E-state index is 0.0623. The van der Waals surface area contributed by atoms with E-state index >= 15 is 0 Å². The number of hydrogen-bond acceptors (Lipinski definition) is 5. The number of fused-ring (bicyclic) bond motifs is 1. The van der Waals surface area contributed by atoms with Gasteiger partial charge in [-0.1, -0.05) is 6.07 Å². The van der Waals surface area contributed by atoms with E-state index in [9.17, 15) is 4.79 Å². The fourth-order valence-corrected chi connectivity index (χ4v) is 3.28. The van der Waals surface area contributed by atoms with Crippen molar-refractivity contribution in [2.75, 3.05) is 13.1 Å². The molecule has 0 N–H and O–H groups in total. The van der Waals surface area contributed by atoms with Crippen LogP contribution in [0.1, 0.15) is 27.2 Å². The molecule has 0 spiro atoms. The summed E-state index contributed by atoms with van der Waals surface area (Å²) in [6.45, 7) is 1.17. The number of carbonyl (C=O) groups is 1. The standard InChI is InChI=1S/C20H16N4O2/c21-11-14-2-1-3-15(10-14)20(25)24-7-4-17-18(5-8-24)22-13-23-19(17)16-6-9-26-12-16/h1-3,6,9-10,12-13H,4-5,7-8H2. The number of amides is 1. The Bertz CT molecular complexity index is 989. The molecule has 1 aliphatic rings. The Labute approximate surface area is 150 Å². The van der Waals surface area contributed by atoms with Gasteiger partial charge in [0.1, 0.15) is 6.33 Å². The molecule has 0 aliphatic carbocycles. The summed E-state index contributed by atoms with van der Waals surface area (Å²) in [5.74, 6) is -0.0623. The number of hydrogen-bond donors (Lipinski definition) is 0. The van der Waals surface area contributed by atoms with Crippen LogP contribution in [0.5, 0.6) is 0 Å². The molecular weight excluding hydrogens is 328 g/mol. The Kier molecular flexibility index (Phi) is 4.20. The first-order valence-electron chi connectivity index (χ1n) is 8.41. The third-order valence-corrected chi connectivity index (χ3v) is 4.61. The summed E-state index contributed by atoms with van der Waals surface area (Å²) in [5.41, 5.74) is 4.85. The van der Waals surface area contributed by atoms with Crippen LogP contribution in [0.4, 0.5) is 0 Å². The van der Waals surface area contributed by atoms with Crippen molar-refractivity contribution in [3.05, 3.63) is 71.6 Å². The molecule has 1 amide bonds. The highest BCUT2D eigenvalue weighted by Crippen LogP contribution is 2.26. The lowest BCUT2D eigenvalue weighted by Crippen LogP contribution is -2.33. The van der Waals surface area contributed by atoms with Crippen molar-refractivity contribution in [1.29, 1.82) is 5.26 Å². The van der Waals surface area contributed by atoms with Crippen LogP contribution in [0.25, 0.3) is 11.3 Å². The molecule has 128 valence electrons. The molecule has 3 aromatic rings. The zero-order valence-corrected chi connectivity index (χ0v) is 14.1. The van der Waals surface area contributed by atoms with Crippen molar-refractivity contribution in [2.45, 2.75) is 12.8 Å². The summed E-state index contributed by atoms with van der Waals surface area (Å²) in [7, 11) is 0. The highest BCUT2D eigenvalue weighted by Gasteiger charge is 2.23. The maximum Gasteiger partial charge on any atom is 0.253 e. The fraction of sp³-hybridized carbons (Fsp3) is 0.200. The molecule has 0 atom stereocenters. The largest absolute Gasteiger partial charge is 0.472 e. The van der Waals surface area contributed by atoms with Crippen LogP contribution in [0, 0.1) is 11.3 Å². The second-order valence-electron chi connectivity index (χ2n) is 6.14. The average Bonchev–Trinajstić information content (AvgIpc) is 3.13. The monoisotopic (exact) mass is 344 g/mol. The maximum absolute atomic E-state index is 12.9. The zero-order chi connectivity index (χ0) is 17.9. The van der Waals surface area contributed by atoms with Gasteiger partial charge in [-0.15, -0.1) is 0 Å². The van der Waals surface area contributed by atoms with Gasteiger partial charge < -0.3 is 9.32 Å². The molecule has 0 saturated heterocycles. The summed E-state index contributed by atoms with van der Waals surface area (Å²) in [4.78, 5) is 23.5. The van der Waals surface area contributed by atoms with Gasteiger partial charge in [-0.05, 0) is 30.7 Å². The van der Waals surface area contributed by atoms with E-state index in [-0.39, 0.29) is 5.91 Å². The van der Waals surface area contributed by atoms with Gasteiger partial charge in [-0.2, -0.15) is 5.26 Å². The van der Waals surface area contributed by atoms with Crippen LogP contribution >= 0.6 is 0 Å². The van der Waals surface area contributed by atoms with Crippen molar-refractivity contribution >= 4 is 5.91 Å². The third-order valence-electron chi connectivity index (χ3n) is 4.61. The average molecular weight is 344 g/mol. The number of nitrogens with zero attached hydrogens (tertiary/aromatic N) is 4. The van der Waals surface area contributed by atoms with Crippen LogP contribution in [0.15, 0.2) is 53.6 Å². The molecule has 4 rings (SSSR count). The third kappa shape index (κ3) is 2.95. The first-order chi connectivity index (χ1) is 12.8. The van der Waals surface area contributed by atoms with E-state index in [1.807, 2.05) is 11.0 Å². The number of nitriles is 1. The maximum atomic E-state index is 12.9. The Morgan fingerprint density at radius 1 is 1.19 bits per heavy atom. The fourth-order valence-electron chi connectivity index (χ4n) is 3.28. The highest BCUT2D eigenvalue weighted by molar-refractivity contribution is 5.94. The SMILES string of the molecule is N#Cc1cccc(C(=O)N2CCc3ncnc(-c4ccoc4)c3CC2)c1. The summed E-state index contributed by atoms with van der Waals surface area (Å²) in [6.07, 6.45) is 6.21. The quantitative estimate of drug-likeness (QED) is 0.714. The predicted octanol–water partition coefficient (Wildman–Crippen LogP) is 2.85. The topological polar surface area (TPSA) is 83.0 Å². The molecule has 0 bridgehead atoms. The van der Waals surface area contributed by atoms with E-state index in [0.717, 1.165) is 22.5 Å². The van der Waals surface area contributed by atoms with Gasteiger partial charge in [0.2, 0.25) is 0 Å². The molecule has 0 radical (unpaired) electrons. The first kappa shape index (κ1) is 16.0. The Balaban J connectivity index is 1.60. The van der Waals surface area contributed by atoms with Crippen LogP contribution in [0.2, 0.25) is 0 Å². The van der Waals surface area contributed by atoms with Crippen molar-refractivity contribution in [3.63, 3.8) is 0 Å². The van der Waals surface area contributed by atoms with Gasteiger partial charge in [0.25, 0.3) is 5.91 Å². The lowest BCUT2D eigenvalue weighted by Gasteiger charge is -2.20. The molecular formula is C20H16N4O2. The zero-order valence-electron chi connectivity index (χ0n) is 14.1. The summed E-state index contributed by atoms with van der Waals surface area (Å²) >= 11 is 0. The first-order valence-corrected chi connectivity index (χ1v) is 8.41. The van der Waals surface area contributed by atoms with Crippen molar-refractivity contribution in [3.8, 4) is 17.3 Å². The van der Waals surface area contributed by atoms with Gasteiger partial charge in [0.15, 0.2) is 0 Å². The Morgan fingerprint density at radius 2 is 2.08 bits per heavy atom. The molecule has 0 unspecified atom stereocenters. The molecule has 2 aromatic heterocycles. The predicted molar refractivity (Wildman–Crippen MR) is 94.2 cm³/mol. The Morgan fingerprint density at radius 3 is 2.88 bits per heavy atom. The van der Waals surface area contributed by atoms with Crippen molar-refractivity contribution < 1.29 is 9.21 Å². The van der Waals surface area contributed by atoms with E-state index in [1.54, 1.807) is 43.1 Å². The summed E-state index contributed by atoms with van der Waals surface area (Å²) in [6, 6.07) is 10.8. The Hall–Kier alpha value is -3.46. The van der Waals surface area contributed by atoms with Crippen LogP contribution < -0.4 is 0 Å². The molecule has 0 saturated carbocycles. The molecule has 1 aliphatic heterocycles. The van der Waals surface area contributed by atoms with E-state index in [4.69, 9.17) is 9.68 Å². The van der Waals surface area contributed by atoms with Gasteiger partial charge in [-0.3, -0.25) is 4.79 Å². The number of aromatic nitrogens is 2. The summed E-state index contributed by atoms with van der Waals surface area (Å²) in [5, 5.41) is 9.04. The lowest BCUT2D eigenvalue weighted by atomic mass is 10.0. The van der Waals surface area contributed by atoms with Crippen LogP contribution in [-0.2, 0) is 12.8 Å². The number of rotatable bonds is 2.